The van der Waals surface area contributed by atoms with E-state index in [2.05, 4.69) is 9.98 Å². The van der Waals surface area contributed by atoms with Crippen molar-refractivity contribution >= 4 is 23.8 Å². The van der Waals surface area contributed by atoms with Gasteiger partial charge in [0.25, 0.3) is 11.1 Å². The monoisotopic (exact) mass is 626 g/mol. The Kier molecular flexibility index (Phi) is 8.32. The van der Waals surface area contributed by atoms with E-state index in [9.17, 15) is 19.8 Å². The van der Waals surface area contributed by atoms with Crippen LogP contribution in [0.5, 0.6) is 11.5 Å². The fourth-order valence-electron chi connectivity index (χ4n) is 5.54. The molecule has 0 spiro atoms. The minimum atomic E-state index is -0.258. The highest BCUT2D eigenvalue weighted by Crippen LogP contribution is 2.24. The third kappa shape index (κ3) is 5.96. The van der Waals surface area contributed by atoms with E-state index in [1.54, 1.807) is 45.0 Å². The van der Waals surface area contributed by atoms with Crippen LogP contribution in [0.4, 0.5) is 11.4 Å². The van der Waals surface area contributed by atoms with E-state index < -0.39 is 0 Å². The third-order valence-corrected chi connectivity index (χ3v) is 8.31. The highest BCUT2D eigenvalue weighted by atomic mass is 16.3. The van der Waals surface area contributed by atoms with Crippen molar-refractivity contribution in [1.29, 1.82) is 0 Å². The molecular weight excluding hydrogens is 592 g/mol. The lowest BCUT2D eigenvalue weighted by molar-refractivity contribution is 0.474. The maximum atomic E-state index is 13.3. The van der Waals surface area contributed by atoms with Crippen LogP contribution < -0.4 is 11.1 Å². The van der Waals surface area contributed by atoms with Crippen molar-refractivity contribution in [1.82, 2.24) is 18.7 Å². The van der Waals surface area contributed by atoms with E-state index >= 15 is 0 Å². The molecule has 2 heterocycles. The van der Waals surface area contributed by atoms with Gasteiger partial charge >= 0.3 is 0 Å². The molecule has 0 amide bonds. The average molecular weight is 627 g/mol. The van der Waals surface area contributed by atoms with Gasteiger partial charge in [0, 0.05) is 37.7 Å². The molecule has 6 aromatic rings. The lowest BCUT2D eigenvalue weighted by atomic mass is 10.0. The number of nitrogens with zero attached hydrogens (tertiary/aromatic N) is 6. The fourth-order valence-corrected chi connectivity index (χ4v) is 5.54. The van der Waals surface area contributed by atoms with Crippen LogP contribution in [0, 0.1) is 13.8 Å². The van der Waals surface area contributed by atoms with Gasteiger partial charge in [0.05, 0.1) is 22.8 Å². The molecule has 0 aliphatic carbocycles. The molecule has 0 aliphatic heterocycles. The van der Waals surface area contributed by atoms with Gasteiger partial charge in [0.1, 0.15) is 11.5 Å². The summed E-state index contributed by atoms with van der Waals surface area (Å²) in [5.74, 6) is 0.0692. The molecule has 47 heavy (non-hydrogen) atoms. The number of hydrogen-bond acceptors (Lipinski definition) is 6. The molecule has 2 aromatic heterocycles. The van der Waals surface area contributed by atoms with Crippen molar-refractivity contribution in [2.24, 2.45) is 24.1 Å². The highest BCUT2D eigenvalue weighted by molar-refractivity contribution is 5.87. The van der Waals surface area contributed by atoms with E-state index in [-0.39, 0.29) is 34.0 Å². The molecule has 2 N–H and O–H groups in total. The first-order valence-electron chi connectivity index (χ1n) is 15.0. The Labute approximate surface area is 271 Å². The van der Waals surface area contributed by atoms with Crippen molar-refractivity contribution in [3.63, 3.8) is 0 Å². The number of aromatic nitrogens is 4. The smallest absolute Gasteiger partial charge is 0.297 e. The van der Waals surface area contributed by atoms with Gasteiger partial charge in [-0.3, -0.25) is 19.0 Å². The maximum Gasteiger partial charge on any atom is 0.297 e. The van der Waals surface area contributed by atoms with E-state index in [0.29, 0.717) is 28.9 Å². The first-order valence-corrected chi connectivity index (χ1v) is 15.0. The molecule has 10 nitrogen and oxygen atoms in total. The average Bonchev–Trinajstić information content (AvgIpc) is 3.42. The summed E-state index contributed by atoms with van der Waals surface area (Å²) in [5, 5.41) is 21.2. The molecule has 0 atom stereocenters. The number of aliphatic imine (C=N–C) groups is 2. The van der Waals surface area contributed by atoms with Crippen molar-refractivity contribution in [3.05, 3.63) is 151 Å². The minimum absolute atomic E-state index is 0.0346. The Bertz CT molecular complexity index is 2110. The van der Waals surface area contributed by atoms with Gasteiger partial charge in [-0.1, -0.05) is 48.5 Å². The Morgan fingerprint density at radius 1 is 0.596 bits per heavy atom. The minimum Gasteiger partial charge on any atom is -0.507 e. The van der Waals surface area contributed by atoms with Crippen molar-refractivity contribution in [3.8, 4) is 22.9 Å². The molecule has 0 unspecified atom stereocenters. The number of phenols is 2. The lowest BCUT2D eigenvalue weighted by Crippen LogP contribution is -2.19. The number of para-hydroxylation sites is 2. The van der Waals surface area contributed by atoms with Crippen LogP contribution >= 0.6 is 0 Å². The first kappa shape index (κ1) is 30.8. The molecule has 10 heteroatoms. The van der Waals surface area contributed by atoms with Crippen LogP contribution in [0.1, 0.15) is 33.6 Å². The predicted octanol–water partition coefficient (Wildman–Crippen LogP) is 5.79. The third-order valence-electron chi connectivity index (χ3n) is 8.31. The second-order valence-corrected chi connectivity index (χ2v) is 11.3. The topological polar surface area (TPSA) is 119 Å². The summed E-state index contributed by atoms with van der Waals surface area (Å²) in [6, 6.07) is 29.1. The van der Waals surface area contributed by atoms with E-state index in [0.717, 1.165) is 22.5 Å². The Morgan fingerprint density at radius 2 is 0.979 bits per heavy atom. The fraction of sp³-hybridized carbons (Fsp3) is 0.135. The van der Waals surface area contributed by atoms with Gasteiger partial charge in [0.2, 0.25) is 0 Å². The molecule has 0 aliphatic rings. The van der Waals surface area contributed by atoms with E-state index in [1.165, 1.54) is 12.4 Å². The lowest BCUT2D eigenvalue weighted by Gasteiger charge is -2.07. The molecule has 0 bridgehead atoms. The van der Waals surface area contributed by atoms with Gasteiger partial charge in [-0.25, -0.2) is 19.3 Å². The first-order chi connectivity index (χ1) is 22.6. The van der Waals surface area contributed by atoms with Crippen LogP contribution in [-0.4, -0.2) is 41.4 Å². The normalized spacial score (nSPS) is 11.7. The van der Waals surface area contributed by atoms with Crippen LogP contribution in [0.25, 0.3) is 11.4 Å². The Hall–Kier alpha value is -6.16. The van der Waals surface area contributed by atoms with Gasteiger partial charge in [0.15, 0.2) is 11.4 Å². The van der Waals surface area contributed by atoms with Gasteiger partial charge in [-0.15, -0.1) is 0 Å². The predicted molar refractivity (Wildman–Crippen MR) is 185 cm³/mol. The number of phenolic OH excluding ortho intramolecular Hbond substituents is 2. The van der Waals surface area contributed by atoms with Gasteiger partial charge in [-0.2, -0.15) is 0 Å². The molecule has 0 fully saturated rings. The number of rotatable bonds is 8. The molecular formula is C37H34N6O4. The summed E-state index contributed by atoms with van der Waals surface area (Å²) < 4.78 is 6.62. The summed E-state index contributed by atoms with van der Waals surface area (Å²) in [6.45, 7) is 3.65. The summed E-state index contributed by atoms with van der Waals surface area (Å²) in [4.78, 5) is 35.5. The molecule has 6 rings (SSSR count). The Morgan fingerprint density at radius 3 is 1.36 bits per heavy atom. The summed E-state index contributed by atoms with van der Waals surface area (Å²) in [5.41, 5.74) is 5.59. The zero-order valence-corrected chi connectivity index (χ0v) is 26.5. The SMILES string of the molecule is Cc1c(N=Cc2cc(Cc3ccc(O)c(C=Nc4c(C)n(C)n(-c5ccccc5)c4=O)c3)ccc2O)c(=O)n(-c2ccccc2)n1C. The highest BCUT2D eigenvalue weighted by Gasteiger charge is 2.17. The zero-order valence-electron chi connectivity index (χ0n) is 26.5. The zero-order chi connectivity index (χ0) is 33.2. The molecule has 236 valence electrons. The van der Waals surface area contributed by atoms with Crippen molar-refractivity contribution < 1.29 is 10.2 Å². The second kappa shape index (κ2) is 12.7. The van der Waals surface area contributed by atoms with E-state index in [1.807, 2.05) is 98.8 Å². The summed E-state index contributed by atoms with van der Waals surface area (Å²) in [6.07, 6.45) is 3.48. The maximum absolute atomic E-state index is 13.3. The molecule has 0 radical (unpaired) electrons. The standard InChI is InChI=1S/C37H34N6O4/c1-24-34(36(46)42(40(24)3)30-11-7-5-8-12-30)38-22-28-20-26(15-17-32(28)44)19-27-16-18-33(45)29(21-27)23-39-35-25(2)41(4)43(37(35)47)31-13-9-6-10-14-31/h5-18,20-23,44-45H,19H2,1-4H3. The second-order valence-electron chi connectivity index (χ2n) is 11.3. The number of aromatic hydroxyl groups is 2. The van der Waals surface area contributed by atoms with Gasteiger partial charge in [-0.05, 0) is 79.9 Å². The number of benzene rings is 4. The van der Waals surface area contributed by atoms with Crippen LogP contribution in [0.3, 0.4) is 0 Å². The van der Waals surface area contributed by atoms with Crippen molar-refractivity contribution in [2.75, 3.05) is 0 Å². The van der Waals surface area contributed by atoms with Crippen molar-refractivity contribution in [2.45, 2.75) is 20.3 Å². The molecule has 0 saturated heterocycles. The van der Waals surface area contributed by atoms with E-state index in [4.69, 9.17) is 0 Å². The molecule has 4 aromatic carbocycles. The van der Waals surface area contributed by atoms with Crippen LogP contribution in [-0.2, 0) is 20.5 Å². The molecule has 0 saturated carbocycles. The quantitative estimate of drug-likeness (QED) is 0.208. The summed E-state index contributed by atoms with van der Waals surface area (Å²) in [7, 11) is 3.61. The largest absolute Gasteiger partial charge is 0.507 e. The van der Waals surface area contributed by atoms with Crippen LogP contribution in [0.2, 0.25) is 0 Å². The van der Waals surface area contributed by atoms with Crippen LogP contribution in [0.15, 0.2) is 117 Å². The summed E-state index contributed by atoms with van der Waals surface area (Å²) >= 11 is 0. The van der Waals surface area contributed by atoms with Gasteiger partial charge < -0.3 is 10.2 Å². The Balaban J connectivity index is 1.25. The number of hydrogen-bond donors (Lipinski definition) is 2.